The quantitative estimate of drug-likeness (QED) is 0.908. The van der Waals surface area contributed by atoms with Crippen molar-refractivity contribution in [3.05, 3.63) is 34.6 Å². The molecule has 20 heavy (non-hydrogen) atoms. The molecule has 2 aromatic rings. The van der Waals surface area contributed by atoms with E-state index in [1.54, 1.807) is 0 Å². The minimum Gasteiger partial charge on any atom is -0.338 e. The van der Waals surface area contributed by atoms with Crippen molar-refractivity contribution in [1.82, 2.24) is 20.4 Å². The summed E-state index contributed by atoms with van der Waals surface area (Å²) >= 11 is 3.44. The second-order valence-electron chi connectivity index (χ2n) is 4.75. The van der Waals surface area contributed by atoms with Crippen LogP contribution in [0.5, 0.6) is 0 Å². The maximum absolute atomic E-state index is 5.31. The molecule has 1 N–H and O–H groups in total. The monoisotopic (exact) mass is 358 g/mol. The molecule has 0 unspecified atom stereocenters. The van der Waals surface area contributed by atoms with Crippen LogP contribution in [-0.4, -0.2) is 41.2 Å². The fraction of sp³-hybridized carbons (Fsp3) is 0.385. The fourth-order valence-corrected chi connectivity index (χ4v) is 2.39. The van der Waals surface area contributed by atoms with Gasteiger partial charge < -0.3 is 9.84 Å². The number of benzene rings is 1. The minimum atomic E-state index is 0. The van der Waals surface area contributed by atoms with Gasteiger partial charge in [0.1, 0.15) is 0 Å². The lowest BCUT2D eigenvalue weighted by atomic mass is 10.1. The van der Waals surface area contributed by atoms with Crippen molar-refractivity contribution in [1.29, 1.82) is 0 Å². The second kappa shape index (κ2) is 6.67. The summed E-state index contributed by atoms with van der Waals surface area (Å²) in [6.07, 6.45) is 0. The van der Waals surface area contributed by atoms with Crippen LogP contribution in [0, 0.1) is 0 Å². The summed E-state index contributed by atoms with van der Waals surface area (Å²) in [4.78, 5) is 6.67. The van der Waals surface area contributed by atoms with E-state index >= 15 is 0 Å². The first kappa shape index (κ1) is 15.4. The van der Waals surface area contributed by atoms with Crippen molar-refractivity contribution in [2.24, 2.45) is 0 Å². The van der Waals surface area contributed by atoms with E-state index in [0.29, 0.717) is 24.3 Å². The van der Waals surface area contributed by atoms with Gasteiger partial charge in [0.05, 0.1) is 6.54 Å². The number of nitrogens with zero attached hydrogens (tertiary/aromatic N) is 3. The Morgan fingerprint density at radius 1 is 1.45 bits per heavy atom. The van der Waals surface area contributed by atoms with Crippen LogP contribution in [0.3, 0.4) is 0 Å². The van der Waals surface area contributed by atoms with Crippen molar-refractivity contribution < 1.29 is 4.52 Å². The third kappa shape index (κ3) is 3.38. The molecule has 2 heterocycles. The molecule has 108 valence electrons. The Balaban J connectivity index is 0.00000147. The molecule has 0 radical (unpaired) electrons. The predicted octanol–water partition coefficient (Wildman–Crippen LogP) is 2.32. The molecular weight excluding hydrogens is 344 g/mol. The largest absolute Gasteiger partial charge is 0.338 e. The third-order valence-electron chi connectivity index (χ3n) is 3.32. The van der Waals surface area contributed by atoms with Crippen LogP contribution in [0.2, 0.25) is 0 Å². The van der Waals surface area contributed by atoms with Crippen LogP contribution in [0.15, 0.2) is 33.3 Å². The summed E-state index contributed by atoms with van der Waals surface area (Å²) < 4.78 is 6.32. The van der Waals surface area contributed by atoms with E-state index in [0.717, 1.165) is 23.1 Å². The number of aromatic nitrogens is 2. The van der Waals surface area contributed by atoms with E-state index in [1.807, 2.05) is 24.3 Å². The average Bonchev–Trinajstić information content (AvgIpc) is 2.75. The molecule has 1 aliphatic heterocycles. The second-order valence-corrected chi connectivity index (χ2v) is 5.66. The molecule has 1 aliphatic rings. The van der Waals surface area contributed by atoms with Gasteiger partial charge in [-0.1, -0.05) is 33.2 Å². The van der Waals surface area contributed by atoms with Crippen molar-refractivity contribution >= 4 is 28.3 Å². The summed E-state index contributed by atoms with van der Waals surface area (Å²) in [5.74, 6) is 1.29. The number of halogens is 2. The zero-order valence-electron chi connectivity index (χ0n) is 11.0. The number of rotatable bonds is 4. The lowest BCUT2D eigenvalue weighted by molar-refractivity contribution is 0.155. The van der Waals surface area contributed by atoms with Crippen molar-refractivity contribution in [3.63, 3.8) is 0 Å². The van der Waals surface area contributed by atoms with Crippen LogP contribution < -0.4 is 5.32 Å². The van der Waals surface area contributed by atoms with Gasteiger partial charge >= 0.3 is 0 Å². The smallest absolute Gasteiger partial charge is 0.241 e. The Hall–Kier alpha value is -0.950. The van der Waals surface area contributed by atoms with E-state index in [1.165, 1.54) is 0 Å². The van der Waals surface area contributed by atoms with Gasteiger partial charge in [-0.3, -0.25) is 4.90 Å². The zero-order valence-corrected chi connectivity index (χ0v) is 13.4. The lowest BCUT2D eigenvalue weighted by Crippen LogP contribution is -2.55. The molecule has 0 amide bonds. The van der Waals surface area contributed by atoms with Crippen LogP contribution in [0.1, 0.15) is 5.89 Å². The fourth-order valence-electron chi connectivity index (χ4n) is 1.99. The van der Waals surface area contributed by atoms with Gasteiger partial charge in [-0.05, 0) is 19.2 Å². The highest BCUT2D eigenvalue weighted by Crippen LogP contribution is 2.20. The van der Waals surface area contributed by atoms with Crippen LogP contribution in [-0.2, 0) is 6.54 Å². The highest BCUT2D eigenvalue weighted by Gasteiger charge is 2.23. The van der Waals surface area contributed by atoms with Crippen molar-refractivity contribution in [2.45, 2.75) is 12.6 Å². The van der Waals surface area contributed by atoms with Gasteiger partial charge in [-0.15, -0.1) is 12.4 Å². The average molecular weight is 360 g/mol. The Morgan fingerprint density at radius 3 is 2.90 bits per heavy atom. The molecule has 1 saturated heterocycles. The Kier molecular flexibility index (Phi) is 5.15. The predicted molar refractivity (Wildman–Crippen MR) is 82.8 cm³/mol. The molecule has 7 heteroatoms. The molecule has 1 aromatic carbocycles. The van der Waals surface area contributed by atoms with E-state index in [2.05, 4.69) is 43.3 Å². The first-order valence-electron chi connectivity index (χ1n) is 6.22. The van der Waals surface area contributed by atoms with E-state index in [9.17, 15) is 0 Å². The molecule has 3 rings (SSSR count). The van der Waals surface area contributed by atoms with Gasteiger partial charge in [-0.25, -0.2) is 0 Å². The molecule has 0 saturated carbocycles. The van der Waals surface area contributed by atoms with Crippen molar-refractivity contribution in [3.8, 4) is 11.4 Å². The molecule has 0 spiro atoms. The maximum atomic E-state index is 5.31. The topological polar surface area (TPSA) is 54.2 Å². The molecule has 0 aliphatic carbocycles. The van der Waals surface area contributed by atoms with E-state index in [4.69, 9.17) is 4.52 Å². The Labute approximate surface area is 132 Å². The Bertz CT molecular complexity index is 573. The molecule has 5 nitrogen and oxygen atoms in total. The first-order valence-corrected chi connectivity index (χ1v) is 7.01. The normalized spacial score (nSPS) is 14.9. The lowest BCUT2D eigenvalue weighted by Gasteiger charge is -2.34. The molecule has 1 fully saturated rings. The number of hydrogen-bond acceptors (Lipinski definition) is 5. The van der Waals surface area contributed by atoms with Crippen LogP contribution >= 0.6 is 28.3 Å². The molecule has 1 aromatic heterocycles. The van der Waals surface area contributed by atoms with Crippen LogP contribution in [0.25, 0.3) is 11.4 Å². The Morgan fingerprint density at radius 2 is 2.25 bits per heavy atom. The van der Waals surface area contributed by atoms with Gasteiger partial charge in [0, 0.05) is 29.2 Å². The summed E-state index contributed by atoms with van der Waals surface area (Å²) in [6.45, 7) is 2.75. The minimum absolute atomic E-state index is 0. The van der Waals surface area contributed by atoms with Gasteiger partial charge in [-0.2, -0.15) is 4.98 Å². The van der Waals surface area contributed by atoms with Gasteiger partial charge in [0.25, 0.3) is 0 Å². The van der Waals surface area contributed by atoms with Crippen molar-refractivity contribution in [2.75, 3.05) is 20.1 Å². The van der Waals surface area contributed by atoms with Gasteiger partial charge in [0.2, 0.25) is 11.7 Å². The molecule has 0 bridgehead atoms. The zero-order chi connectivity index (χ0) is 13.2. The SMILES string of the molecule is CN(Cc1nc(-c2cccc(Br)c2)no1)C1CNC1.Cl. The molecular formula is C13H16BrClN4O. The van der Waals surface area contributed by atoms with Gasteiger partial charge in [0.15, 0.2) is 0 Å². The molecule has 0 atom stereocenters. The third-order valence-corrected chi connectivity index (χ3v) is 3.81. The maximum Gasteiger partial charge on any atom is 0.241 e. The van der Waals surface area contributed by atoms with E-state index < -0.39 is 0 Å². The first-order chi connectivity index (χ1) is 9.22. The van der Waals surface area contributed by atoms with E-state index in [-0.39, 0.29) is 12.4 Å². The summed E-state index contributed by atoms with van der Waals surface area (Å²) in [7, 11) is 2.08. The van der Waals surface area contributed by atoms with Crippen LogP contribution in [0.4, 0.5) is 0 Å². The number of hydrogen-bond donors (Lipinski definition) is 1. The standard InChI is InChI=1S/C13H15BrN4O.ClH/c1-18(11-6-15-7-11)8-12-16-13(17-19-12)9-3-2-4-10(14)5-9;/h2-5,11,15H,6-8H2,1H3;1H. The summed E-state index contributed by atoms with van der Waals surface area (Å²) in [6, 6.07) is 8.46. The summed E-state index contributed by atoms with van der Waals surface area (Å²) in [5.41, 5.74) is 0.956. The highest BCUT2D eigenvalue weighted by molar-refractivity contribution is 9.10. The number of nitrogens with one attached hydrogen (secondary N) is 1. The summed E-state index contributed by atoms with van der Waals surface area (Å²) in [5, 5.41) is 7.29. The highest BCUT2D eigenvalue weighted by atomic mass is 79.9. The number of likely N-dealkylation sites (N-methyl/N-ethyl adjacent to an activating group) is 1.